The van der Waals surface area contributed by atoms with Gasteiger partial charge in [0.05, 0.1) is 12.6 Å². The molecule has 1 N–H and O–H groups in total. The first-order valence-electron chi connectivity index (χ1n) is 7.43. The Hall–Kier alpha value is -1.06. The van der Waals surface area contributed by atoms with E-state index >= 15 is 0 Å². The Kier molecular flexibility index (Phi) is 5.86. The van der Waals surface area contributed by atoms with Crippen LogP contribution in [-0.4, -0.2) is 30.4 Å². The van der Waals surface area contributed by atoms with E-state index in [0.717, 1.165) is 18.7 Å². The lowest BCUT2D eigenvalue weighted by Crippen LogP contribution is -2.38. The Balaban J connectivity index is 1.86. The van der Waals surface area contributed by atoms with Crippen LogP contribution in [-0.2, 0) is 4.79 Å². The molecule has 1 aliphatic heterocycles. The lowest BCUT2D eigenvalue weighted by atomic mass is 10.1. The number of nitrogens with one attached hydrogen (secondary N) is 1. The van der Waals surface area contributed by atoms with E-state index < -0.39 is 0 Å². The second kappa shape index (κ2) is 7.65. The zero-order valence-corrected chi connectivity index (χ0v) is 12.8. The van der Waals surface area contributed by atoms with E-state index in [1.165, 1.54) is 25.7 Å². The SMILES string of the molecule is CC(NC(=O)CN1CCCCCC1)c1ccccc1Cl. The fourth-order valence-corrected chi connectivity index (χ4v) is 2.99. The summed E-state index contributed by atoms with van der Waals surface area (Å²) in [4.78, 5) is 14.4. The largest absolute Gasteiger partial charge is 0.348 e. The predicted molar refractivity (Wildman–Crippen MR) is 82.9 cm³/mol. The minimum atomic E-state index is -0.0526. The van der Waals surface area contributed by atoms with Crippen LogP contribution in [0.4, 0.5) is 0 Å². The molecule has 0 saturated carbocycles. The van der Waals surface area contributed by atoms with Crippen molar-refractivity contribution in [3.63, 3.8) is 0 Å². The molecule has 1 fully saturated rings. The molecule has 0 bridgehead atoms. The number of likely N-dealkylation sites (tertiary alicyclic amines) is 1. The van der Waals surface area contributed by atoms with Crippen molar-refractivity contribution < 1.29 is 4.79 Å². The zero-order chi connectivity index (χ0) is 14.4. The minimum Gasteiger partial charge on any atom is -0.348 e. The van der Waals surface area contributed by atoms with Crippen molar-refractivity contribution in [3.8, 4) is 0 Å². The van der Waals surface area contributed by atoms with Gasteiger partial charge in [-0.05, 0) is 44.5 Å². The average Bonchev–Trinajstić information content (AvgIpc) is 2.67. The predicted octanol–water partition coefficient (Wildman–Crippen LogP) is 3.39. The summed E-state index contributed by atoms with van der Waals surface area (Å²) >= 11 is 6.15. The molecular formula is C16H23ClN2O. The molecule has 20 heavy (non-hydrogen) atoms. The maximum absolute atomic E-state index is 12.1. The lowest BCUT2D eigenvalue weighted by molar-refractivity contribution is -0.122. The quantitative estimate of drug-likeness (QED) is 0.923. The minimum absolute atomic E-state index is 0.0526. The number of halogens is 1. The standard InChI is InChI=1S/C16H23ClN2O/c1-13(14-8-4-5-9-15(14)17)18-16(20)12-19-10-6-2-3-7-11-19/h4-5,8-9,13H,2-3,6-7,10-12H2,1H3,(H,18,20). The average molecular weight is 295 g/mol. The fourth-order valence-electron chi connectivity index (χ4n) is 2.69. The van der Waals surface area contributed by atoms with Crippen LogP contribution in [0, 0.1) is 0 Å². The highest BCUT2D eigenvalue weighted by atomic mass is 35.5. The van der Waals surface area contributed by atoms with E-state index in [4.69, 9.17) is 11.6 Å². The van der Waals surface area contributed by atoms with Crippen LogP contribution in [0.15, 0.2) is 24.3 Å². The summed E-state index contributed by atoms with van der Waals surface area (Å²) < 4.78 is 0. The van der Waals surface area contributed by atoms with Crippen LogP contribution in [0.25, 0.3) is 0 Å². The van der Waals surface area contributed by atoms with E-state index in [-0.39, 0.29) is 11.9 Å². The first-order chi connectivity index (χ1) is 9.66. The maximum Gasteiger partial charge on any atom is 0.234 e. The maximum atomic E-state index is 12.1. The number of amides is 1. The number of carbonyl (C=O) groups excluding carboxylic acids is 1. The van der Waals surface area contributed by atoms with E-state index in [0.29, 0.717) is 11.6 Å². The van der Waals surface area contributed by atoms with Crippen LogP contribution < -0.4 is 5.32 Å². The molecule has 110 valence electrons. The lowest BCUT2D eigenvalue weighted by Gasteiger charge is -2.21. The molecule has 1 aromatic carbocycles. The van der Waals surface area contributed by atoms with E-state index in [2.05, 4.69) is 10.2 Å². The molecular weight excluding hydrogens is 272 g/mol. The third-order valence-corrected chi connectivity index (χ3v) is 4.16. The number of benzene rings is 1. The Labute approximate surface area is 126 Å². The third kappa shape index (κ3) is 4.50. The van der Waals surface area contributed by atoms with Crippen molar-refractivity contribution in [1.29, 1.82) is 0 Å². The van der Waals surface area contributed by atoms with Crippen molar-refractivity contribution in [2.24, 2.45) is 0 Å². The zero-order valence-electron chi connectivity index (χ0n) is 12.1. The summed E-state index contributed by atoms with van der Waals surface area (Å²) in [6, 6.07) is 7.60. The van der Waals surface area contributed by atoms with E-state index in [1.54, 1.807) is 0 Å². The summed E-state index contributed by atoms with van der Waals surface area (Å²) in [5, 5.41) is 3.74. The molecule has 1 aromatic rings. The molecule has 4 heteroatoms. The second-order valence-corrected chi connectivity index (χ2v) is 5.91. The molecule has 1 unspecified atom stereocenters. The highest BCUT2D eigenvalue weighted by Crippen LogP contribution is 2.22. The molecule has 0 aliphatic carbocycles. The van der Waals surface area contributed by atoms with Gasteiger partial charge < -0.3 is 5.32 Å². The van der Waals surface area contributed by atoms with Gasteiger partial charge in [0, 0.05) is 5.02 Å². The van der Waals surface area contributed by atoms with Crippen LogP contribution in [0.1, 0.15) is 44.2 Å². The van der Waals surface area contributed by atoms with E-state index in [9.17, 15) is 4.79 Å². The third-order valence-electron chi connectivity index (χ3n) is 3.82. The van der Waals surface area contributed by atoms with Crippen LogP contribution >= 0.6 is 11.6 Å². The first-order valence-corrected chi connectivity index (χ1v) is 7.81. The Morgan fingerprint density at radius 1 is 1.25 bits per heavy atom. The van der Waals surface area contributed by atoms with E-state index in [1.807, 2.05) is 31.2 Å². The molecule has 0 aromatic heterocycles. The number of hydrogen-bond acceptors (Lipinski definition) is 2. The van der Waals surface area contributed by atoms with Gasteiger partial charge in [-0.3, -0.25) is 9.69 Å². The Bertz CT molecular complexity index is 442. The van der Waals surface area contributed by atoms with Crippen LogP contribution in [0.2, 0.25) is 5.02 Å². The fraction of sp³-hybridized carbons (Fsp3) is 0.562. The monoisotopic (exact) mass is 294 g/mol. The van der Waals surface area contributed by atoms with Crippen molar-refractivity contribution in [3.05, 3.63) is 34.9 Å². The van der Waals surface area contributed by atoms with Gasteiger partial charge in [0.25, 0.3) is 0 Å². The number of hydrogen-bond donors (Lipinski definition) is 1. The van der Waals surface area contributed by atoms with Gasteiger partial charge in [0.2, 0.25) is 5.91 Å². The van der Waals surface area contributed by atoms with Crippen LogP contribution in [0.5, 0.6) is 0 Å². The van der Waals surface area contributed by atoms with Gasteiger partial charge in [-0.25, -0.2) is 0 Å². The van der Waals surface area contributed by atoms with Gasteiger partial charge >= 0.3 is 0 Å². The summed E-state index contributed by atoms with van der Waals surface area (Å²) in [5.41, 5.74) is 0.971. The van der Waals surface area contributed by atoms with Crippen molar-refractivity contribution >= 4 is 17.5 Å². The summed E-state index contributed by atoms with van der Waals surface area (Å²) in [7, 11) is 0. The summed E-state index contributed by atoms with van der Waals surface area (Å²) in [6.45, 7) is 4.54. The van der Waals surface area contributed by atoms with Gasteiger partial charge in [-0.1, -0.05) is 42.6 Å². The highest BCUT2D eigenvalue weighted by molar-refractivity contribution is 6.31. The highest BCUT2D eigenvalue weighted by Gasteiger charge is 2.16. The second-order valence-electron chi connectivity index (χ2n) is 5.50. The normalized spacial score (nSPS) is 18.3. The van der Waals surface area contributed by atoms with Gasteiger partial charge in [-0.2, -0.15) is 0 Å². The number of carbonyl (C=O) groups is 1. The smallest absolute Gasteiger partial charge is 0.234 e. The molecule has 1 saturated heterocycles. The molecule has 1 amide bonds. The molecule has 1 aliphatic rings. The number of nitrogens with zero attached hydrogens (tertiary/aromatic N) is 1. The van der Waals surface area contributed by atoms with Gasteiger partial charge in [-0.15, -0.1) is 0 Å². The molecule has 1 atom stereocenters. The first kappa shape index (κ1) is 15.3. The van der Waals surface area contributed by atoms with Crippen molar-refractivity contribution in [2.75, 3.05) is 19.6 Å². The van der Waals surface area contributed by atoms with Crippen LogP contribution in [0.3, 0.4) is 0 Å². The Morgan fingerprint density at radius 3 is 2.55 bits per heavy atom. The van der Waals surface area contributed by atoms with Crippen molar-refractivity contribution in [2.45, 2.75) is 38.6 Å². The van der Waals surface area contributed by atoms with Gasteiger partial charge in [0.1, 0.15) is 0 Å². The number of rotatable bonds is 4. The molecule has 2 rings (SSSR count). The molecule has 3 nitrogen and oxygen atoms in total. The van der Waals surface area contributed by atoms with Gasteiger partial charge in [0.15, 0.2) is 0 Å². The summed E-state index contributed by atoms with van der Waals surface area (Å²) in [5.74, 6) is 0.0827. The summed E-state index contributed by atoms with van der Waals surface area (Å²) in [6.07, 6.45) is 4.98. The molecule has 0 spiro atoms. The Morgan fingerprint density at radius 2 is 1.90 bits per heavy atom. The molecule has 1 heterocycles. The topological polar surface area (TPSA) is 32.3 Å². The van der Waals surface area contributed by atoms with Crippen molar-refractivity contribution in [1.82, 2.24) is 10.2 Å². The molecule has 0 radical (unpaired) electrons.